The maximum Gasteiger partial charge on any atom is 0.125 e. The van der Waals surface area contributed by atoms with Gasteiger partial charge in [-0.2, -0.15) is 0 Å². The highest BCUT2D eigenvalue weighted by molar-refractivity contribution is 5.76. The van der Waals surface area contributed by atoms with Crippen LogP contribution in [0.2, 0.25) is 0 Å². The van der Waals surface area contributed by atoms with E-state index in [1.54, 1.807) is 0 Å². The number of nitrogens with one attached hydrogen (secondary N) is 1. The second-order valence-electron chi connectivity index (χ2n) is 5.44. The van der Waals surface area contributed by atoms with Crippen LogP contribution in [0.25, 0.3) is 11.0 Å². The topological polar surface area (TPSA) is 29.9 Å². The Labute approximate surface area is 106 Å². The van der Waals surface area contributed by atoms with Gasteiger partial charge in [0.25, 0.3) is 0 Å². The number of aromatic nitrogens is 2. The van der Waals surface area contributed by atoms with E-state index in [-0.39, 0.29) is 11.2 Å². The molecule has 1 saturated heterocycles. The number of hydrogen-bond donors (Lipinski definition) is 1. The molecule has 0 spiro atoms. The molecule has 4 heteroatoms. The van der Waals surface area contributed by atoms with Gasteiger partial charge in [0.15, 0.2) is 0 Å². The lowest BCUT2D eigenvalue weighted by Crippen LogP contribution is -2.39. The molecule has 2 aromatic rings. The summed E-state index contributed by atoms with van der Waals surface area (Å²) >= 11 is 0. The molecule has 0 amide bonds. The molecule has 18 heavy (non-hydrogen) atoms. The first kappa shape index (κ1) is 11.7. The van der Waals surface area contributed by atoms with Crippen LogP contribution in [0, 0.1) is 5.82 Å². The Balaban J connectivity index is 2.14. The van der Waals surface area contributed by atoms with E-state index in [0.717, 1.165) is 42.8 Å². The molecule has 96 valence electrons. The van der Waals surface area contributed by atoms with Gasteiger partial charge in [0.05, 0.1) is 11.0 Å². The van der Waals surface area contributed by atoms with Gasteiger partial charge in [0.2, 0.25) is 0 Å². The first-order chi connectivity index (χ1) is 8.60. The predicted octanol–water partition coefficient (Wildman–Crippen LogP) is 2.35. The number of aryl methyl sites for hydroxylation is 1. The summed E-state index contributed by atoms with van der Waals surface area (Å²) in [5.74, 6) is 0.854. The fraction of sp³-hybridized carbons (Fsp3) is 0.500. The normalized spacial score (nSPS) is 19.3. The fourth-order valence-corrected chi connectivity index (χ4v) is 2.91. The van der Waals surface area contributed by atoms with Crippen LogP contribution in [0.4, 0.5) is 4.39 Å². The quantitative estimate of drug-likeness (QED) is 0.838. The van der Waals surface area contributed by atoms with Crippen molar-refractivity contribution in [3.05, 3.63) is 29.8 Å². The Kier molecular flexibility index (Phi) is 2.63. The van der Waals surface area contributed by atoms with E-state index < -0.39 is 0 Å². The number of hydrogen-bond acceptors (Lipinski definition) is 2. The van der Waals surface area contributed by atoms with Crippen LogP contribution in [-0.2, 0) is 12.5 Å². The molecule has 0 atom stereocenters. The third-order valence-electron chi connectivity index (χ3n) is 4.09. The summed E-state index contributed by atoms with van der Waals surface area (Å²) in [4.78, 5) is 4.66. The Morgan fingerprint density at radius 1 is 1.33 bits per heavy atom. The SMILES string of the molecule is Cn1c(C2(C)CCNCC2)nc2cc(F)ccc21. The van der Waals surface area contributed by atoms with Gasteiger partial charge < -0.3 is 9.88 Å². The van der Waals surface area contributed by atoms with Gasteiger partial charge >= 0.3 is 0 Å². The van der Waals surface area contributed by atoms with Crippen LogP contribution in [0.3, 0.4) is 0 Å². The third kappa shape index (κ3) is 1.72. The fourth-order valence-electron chi connectivity index (χ4n) is 2.91. The molecule has 2 heterocycles. The Morgan fingerprint density at radius 2 is 2.06 bits per heavy atom. The lowest BCUT2D eigenvalue weighted by Gasteiger charge is -2.33. The van der Waals surface area contributed by atoms with Crippen LogP contribution in [0.1, 0.15) is 25.6 Å². The average molecular weight is 247 g/mol. The highest BCUT2D eigenvalue weighted by Crippen LogP contribution is 2.33. The zero-order valence-corrected chi connectivity index (χ0v) is 10.8. The first-order valence-electron chi connectivity index (χ1n) is 6.43. The highest BCUT2D eigenvalue weighted by atomic mass is 19.1. The summed E-state index contributed by atoms with van der Waals surface area (Å²) < 4.78 is 15.4. The molecule has 1 N–H and O–H groups in total. The van der Waals surface area contributed by atoms with E-state index in [4.69, 9.17) is 0 Å². The molecule has 0 radical (unpaired) electrons. The third-order valence-corrected chi connectivity index (χ3v) is 4.09. The van der Waals surface area contributed by atoms with Crippen molar-refractivity contribution in [2.45, 2.75) is 25.2 Å². The maximum atomic E-state index is 13.3. The average Bonchev–Trinajstić information content (AvgIpc) is 2.68. The van der Waals surface area contributed by atoms with E-state index in [0.29, 0.717) is 0 Å². The summed E-state index contributed by atoms with van der Waals surface area (Å²) in [7, 11) is 2.02. The Hall–Kier alpha value is -1.42. The van der Waals surface area contributed by atoms with E-state index >= 15 is 0 Å². The molecule has 1 aliphatic rings. The largest absolute Gasteiger partial charge is 0.331 e. The first-order valence-corrected chi connectivity index (χ1v) is 6.43. The van der Waals surface area contributed by atoms with E-state index in [9.17, 15) is 4.39 Å². The Bertz CT molecular complexity index is 582. The second-order valence-corrected chi connectivity index (χ2v) is 5.44. The minimum Gasteiger partial charge on any atom is -0.331 e. The van der Waals surface area contributed by atoms with Gasteiger partial charge in [0, 0.05) is 18.5 Å². The van der Waals surface area contributed by atoms with E-state index in [1.807, 2.05) is 13.1 Å². The number of halogens is 1. The summed E-state index contributed by atoms with van der Waals surface area (Å²) in [5, 5.41) is 3.37. The van der Waals surface area contributed by atoms with Crippen LogP contribution in [-0.4, -0.2) is 22.6 Å². The van der Waals surface area contributed by atoms with Crippen molar-refractivity contribution in [3.63, 3.8) is 0 Å². The molecule has 3 rings (SSSR count). The summed E-state index contributed by atoms with van der Waals surface area (Å²) in [5.41, 5.74) is 1.86. The number of fused-ring (bicyclic) bond motifs is 1. The zero-order valence-electron chi connectivity index (χ0n) is 10.8. The van der Waals surface area contributed by atoms with E-state index in [2.05, 4.69) is 21.8 Å². The van der Waals surface area contributed by atoms with Crippen LogP contribution in [0.5, 0.6) is 0 Å². The van der Waals surface area contributed by atoms with Crippen molar-refractivity contribution < 1.29 is 4.39 Å². The number of benzene rings is 1. The molecular formula is C14H18FN3. The highest BCUT2D eigenvalue weighted by Gasteiger charge is 2.33. The molecule has 1 aliphatic heterocycles. The van der Waals surface area contributed by atoms with Crippen molar-refractivity contribution in [2.24, 2.45) is 7.05 Å². The van der Waals surface area contributed by atoms with Crippen LogP contribution >= 0.6 is 0 Å². The molecule has 0 saturated carbocycles. The van der Waals surface area contributed by atoms with Gasteiger partial charge in [-0.3, -0.25) is 0 Å². The molecule has 3 nitrogen and oxygen atoms in total. The predicted molar refractivity (Wildman–Crippen MR) is 70.1 cm³/mol. The maximum absolute atomic E-state index is 13.3. The van der Waals surface area contributed by atoms with Gasteiger partial charge in [-0.15, -0.1) is 0 Å². The molecule has 1 aromatic carbocycles. The summed E-state index contributed by atoms with van der Waals surface area (Å²) in [6.45, 7) is 4.30. The monoisotopic (exact) mass is 247 g/mol. The van der Waals surface area contributed by atoms with Crippen molar-refractivity contribution in [1.29, 1.82) is 0 Å². The van der Waals surface area contributed by atoms with Gasteiger partial charge in [-0.05, 0) is 38.1 Å². The second kappa shape index (κ2) is 4.05. The van der Waals surface area contributed by atoms with E-state index in [1.165, 1.54) is 12.1 Å². The van der Waals surface area contributed by atoms with Crippen LogP contribution in [0.15, 0.2) is 18.2 Å². The lowest BCUT2D eigenvalue weighted by molar-refractivity contribution is 0.313. The Morgan fingerprint density at radius 3 is 2.78 bits per heavy atom. The molecule has 1 aromatic heterocycles. The molecule has 1 fully saturated rings. The molecular weight excluding hydrogens is 229 g/mol. The van der Waals surface area contributed by atoms with Crippen molar-refractivity contribution in [1.82, 2.24) is 14.9 Å². The number of rotatable bonds is 1. The summed E-state index contributed by atoms with van der Waals surface area (Å²) in [6.07, 6.45) is 2.15. The van der Waals surface area contributed by atoms with Gasteiger partial charge in [-0.1, -0.05) is 6.92 Å². The minimum absolute atomic E-state index is 0.0928. The van der Waals surface area contributed by atoms with Crippen molar-refractivity contribution in [2.75, 3.05) is 13.1 Å². The smallest absolute Gasteiger partial charge is 0.125 e. The standard InChI is InChI=1S/C14H18FN3/c1-14(5-7-16-8-6-14)13-17-11-9-10(15)3-4-12(11)18(13)2/h3-4,9,16H,5-8H2,1-2H3. The minimum atomic E-state index is -0.220. The lowest BCUT2D eigenvalue weighted by atomic mass is 9.80. The van der Waals surface area contributed by atoms with Crippen LogP contribution < -0.4 is 5.32 Å². The zero-order chi connectivity index (χ0) is 12.8. The van der Waals surface area contributed by atoms with Gasteiger partial charge in [-0.25, -0.2) is 9.37 Å². The number of nitrogens with zero attached hydrogens (tertiary/aromatic N) is 2. The molecule has 0 unspecified atom stereocenters. The summed E-state index contributed by atoms with van der Waals surface area (Å²) in [6, 6.07) is 4.83. The number of imidazole rings is 1. The van der Waals surface area contributed by atoms with Crippen molar-refractivity contribution in [3.8, 4) is 0 Å². The van der Waals surface area contributed by atoms with Crippen molar-refractivity contribution >= 4 is 11.0 Å². The molecule has 0 aliphatic carbocycles. The molecule has 0 bridgehead atoms. The number of piperidine rings is 1. The van der Waals surface area contributed by atoms with Gasteiger partial charge in [0.1, 0.15) is 11.6 Å².